The maximum atomic E-state index is 8.60. The van der Waals surface area contributed by atoms with Crippen molar-refractivity contribution in [2.24, 2.45) is 0 Å². The molecule has 3 nitrogen and oxygen atoms in total. The standard InChI is InChI=1S/C11H9N3S/c12-6-9-3-4-11(13-7-9)14-8-10-2-1-5-15-10/h1-5,7H,8H2,(H,13,14). The highest BCUT2D eigenvalue weighted by Gasteiger charge is 1.96. The van der Waals surface area contributed by atoms with Crippen LogP contribution in [0.5, 0.6) is 0 Å². The molecule has 0 aromatic carbocycles. The Labute approximate surface area is 92.0 Å². The van der Waals surface area contributed by atoms with E-state index in [1.807, 2.05) is 23.6 Å². The van der Waals surface area contributed by atoms with E-state index < -0.39 is 0 Å². The van der Waals surface area contributed by atoms with Gasteiger partial charge in [0.25, 0.3) is 0 Å². The van der Waals surface area contributed by atoms with Crippen LogP contribution in [0.4, 0.5) is 5.82 Å². The summed E-state index contributed by atoms with van der Waals surface area (Å²) in [4.78, 5) is 5.38. The van der Waals surface area contributed by atoms with E-state index in [0.717, 1.165) is 12.4 Å². The molecule has 0 aliphatic rings. The first-order valence-corrected chi connectivity index (χ1v) is 5.39. The third-order valence-electron chi connectivity index (χ3n) is 1.92. The fourth-order valence-corrected chi connectivity index (χ4v) is 1.80. The van der Waals surface area contributed by atoms with Gasteiger partial charge in [-0.05, 0) is 23.6 Å². The molecule has 0 fully saturated rings. The van der Waals surface area contributed by atoms with Gasteiger partial charge < -0.3 is 5.32 Å². The minimum absolute atomic E-state index is 0.580. The molecular formula is C11H9N3S. The average Bonchev–Trinajstić information content (AvgIpc) is 2.80. The van der Waals surface area contributed by atoms with Gasteiger partial charge >= 0.3 is 0 Å². The minimum atomic E-state index is 0.580. The van der Waals surface area contributed by atoms with Crippen molar-refractivity contribution < 1.29 is 0 Å². The van der Waals surface area contributed by atoms with Gasteiger partial charge in [-0.2, -0.15) is 5.26 Å². The Balaban J connectivity index is 1.97. The number of pyridine rings is 1. The third kappa shape index (κ3) is 2.55. The van der Waals surface area contributed by atoms with Crippen LogP contribution >= 0.6 is 11.3 Å². The van der Waals surface area contributed by atoms with E-state index in [4.69, 9.17) is 5.26 Å². The van der Waals surface area contributed by atoms with Crippen LogP contribution in [0.2, 0.25) is 0 Å². The largest absolute Gasteiger partial charge is 0.365 e. The zero-order chi connectivity index (χ0) is 10.5. The maximum absolute atomic E-state index is 8.60. The predicted octanol–water partition coefficient (Wildman–Crippen LogP) is 2.63. The van der Waals surface area contributed by atoms with Gasteiger partial charge in [0.15, 0.2) is 0 Å². The van der Waals surface area contributed by atoms with Gasteiger partial charge in [0.05, 0.1) is 12.1 Å². The van der Waals surface area contributed by atoms with Crippen molar-refractivity contribution in [2.45, 2.75) is 6.54 Å². The van der Waals surface area contributed by atoms with Crippen LogP contribution in [0.25, 0.3) is 0 Å². The van der Waals surface area contributed by atoms with E-state index in [1.165, 1.54) is 4.88 Å². The number of aromatic nitrogens is 1. The molecule has 0 aliphatic heterocycles. The molecule has 0 amide bonds. The van der Waals surface area contributed by atoms with Crippen LogP contribution in [-0.2, 0) is 6.54 Å². The van der Waals surface area contributed by atoms with Crippen LogP contribution < -0.4 is 5.32 Å². The SMILES string of the molecule is N#Cc1ccc(NCc2cccs2)nc1. The van der Waals surface area contributed by atoms with Crippen molar-refractivity contribution in [3.05, 3.63) is 46.3 Å². The van der Waals surface area contributed by atoms with Crippen molar-refractivity contribution in [3.63, 3.8) is 0 Å². The molecule has 15 heavy (non-hydrogen) atoms. The zero-order valence-electron chi connectivity index (χ0n) is 7.97. The normalized spacial score (nSPS) is 9.53. The highest BCUT2D eigenvalue weighted by atomic mass is 32.1. The molecule has 0 bridgehead atoms. The number of nitriles is 1. The van der Waals surface area contributed by atoms with Crippen LogP contribution in [0.1, 0.15) is 10.4 Å². The summed E-state index contributed by atoms with van der Waals surface area (Å²) in [5.41, 5.74) is 0.580. The number of nitrogens with one attached hydrogen (secondary N) is 1. The molecule has 2 aromatic heterocycles. The molecule has 0 saturated heterocycles. The molecule has 4 heteroatoms. The first-order valence-electron chi connectivity index (χ1n) is 4.51. The molecule has 0 spiro atoms. The fourth-order valence-electron chi connectivity index (χ4n) is 1.16. The van der Waals surface area contributed by atoms with Gasteiger partial charge in [0, 0.05) is 11.1 Å². The molecule has 2 aromatic rings. The Kier molecular flexibility index (Phi) is 2.96. The molecule has 0 radical (unpaired) electrons. The fraction of sp³-hybridized carbons (Fsp3) is 0.0909. The van der Waals surface area contributed by atoms with Crippen molar-refractivity contribution in [1.82, 2.24) is 4.98 Å². The van der Waals surface area contributed by atoms with E-state index in [9.17, 15) is 0 Å². The van der Waals surface area contributed by atoms with E-state index in [2.05, 4.69) is 16.4 Å². The average molecular weight is 215 g/mol. The van der Waals surface area contributed by atoms with E-state index in [0.29, 0.717) is 5.56 Å². The van der Waals surface area contributed by atoms with Gasteiger partial charge in [-0.1, -0.05) is 6.07 Å². The monoisotopic (exact) mass is 215 g/mol. The van der Waals surface area contributed by atoms with Crippen molar-refractivity contribution in [1.29, 1.82) is 5.26 Å². The Bertz CT molecular complexity index is 454. The van der Waals surface area contributed by atoms with Gasteiger partial charge in [0.1, 0.15) is 11.9 Å². The second-order valence-electron chi connectivity index (χ2n) is 2.98. The molecule has 1 N–H and O–H groups in total. The first-order chi connectivity index (χ1) is 7.38. The summed E-state index contributed by atoms with van der Waals surface area (Å²) in [6.07, 6.45) is 1.57. The van der Waals surface area contributed by atoms with E-state index >= 15 is 0 Å². The quantitative estimate of drug-likeness (QED) is 0.856. The number of nitrogens with zero attached hydrogens (tertiary/aromatic N) is 2. The lowest BCUT2D eigenvalue weighted by Crippen LogP contribution is -1.99. The van der Waals surface area contributed by atoms with Gasteiger partial charge in [-0.25, -0.2) is 4.98 Å². The third-order valence-corrected chi connectivity index (χ3v) is 2.79. The lowest BCUT2D eigenvalue weighted by molar-refractivity contribution is 1.14. The lowest BCUT2D eigenvalue weighted by Gasteiger charge is -2.02. The first kappa shape index (κ1) is 9.69. The van der Waals surface area contributed by atoms with Crippen LogP contribution in [0, 0.1) is 11.3 Å². The number of hydrogen-bond acceptors (Lipinski definition) is 4. The van der Waals surface area contributed by atoms with Crippen LogP contribution in [-0.4, -0.2) is 4.98 Å². The molecule has 0 saturated carbocycles. The van der Waals surface area contributed by atoms with Crippen molar-refractivity contribution in [2.75, 3.05) is 5.32 Å². The number of rotatable bonds is 3. The molecule has 2 heterocycles. The van der Waals surface area contributed by atoms with Crippen molar-refractivity contribution in [3.8, 4) is 6.07 Å². The second-order valence-corrected chi connectivity index (χ2v) is 4.01. The highest BCUT2D eigenvalue weighted by Crippen LogP contribution is 2.11. The predicted molar refractivity (Wildman–Crippen MR) is 60.6 cm³/mol. The second kappa shape index (κ2) is 4.58. The van der Waals surface area contributed by atoms with E-state index in [1.54, 1.807) is 23.6 Å². The molecule has 2 rings (SSSR count). The van der Waals surface area contributed by atoms with Gasteiger partial charge in [-0.15, -0.1) is 11.3 Å². The molecule has 74 valence electrons. The number of anilines is 1. The highest BCUT2D eigenvalue weighted by molar-refractivity contribution is 7.09. The van der Waals surface area contributed by atoms with Crippen LogP contribution in [0.15, 0.2) is 35.8 Å². The Morgan fingerprint density at radius 1 is 1.40 bits per heavy atom. The summed E-state index contributed by atoms with van der Waals surface area (Å²) in [7, 11) is 0. The lowest BCUT2D eigenvalue weighted by atomic mass is 10.3. The number of hydrogen-bond donors (Lipinski definition) is 1. The smallest absolute Gasteiger partial charge is 0.126 e. The Morgan fingerprint density at radius 3 is 2.93 bits per heavy atom. The van der Waals surface area contributed by atoms with Gasteiger partial charge in [-0.3, -0.25) is 0 Å². The Hall–Kier alpha value is -1.86. The summed E-state index contributed by atoms with van der Waals surface area (Å²) in [6, 6.07) is 9.69. The summed E-state index contributed by atoms with van der Waals surface area (Å²) in [6.45, 7) is 0.774. The minimum Gasteiger partial charge on any atom is -0.365 e. The summed E-state index contributed by atoms with van der Waals surface area (Å²) in [5.74, 6) is 0.794. The Morgan fingerprint density at radius 2 is 2.33 bits per heavy atom. The molecule has 0 unspecified atom stereocenters. The zero-order valence-corrected chi connectivity index (χ0v) is 8.79. The summed E-state index contributed by atoms with van der Waals surface area (Å²) >= 11 is 1.71. The number of thiophene rings is 1. The summed E-state index contributed by atoms with van der Waals surface area (Å²) in [5, 5.41) is 13.8. The van der Waals surface area contributed by atoms with Crippen LogP contribution in [0.3, 0.4) is 0 Å². The maximum Gasteiger partial charge on any atom is 0.126 e. The van der Waals surface area contributed by atoms with Crippen molar-refractivity contribution >= 4 is 17.2 Å². The summed E-state index contributed by atoms with van der Waals surface area (Å²) < 4.78 is 0. The molecular weight excluding hydrogens is 206 g/mol. The van der Waals surface area contributed by atoms with E-state index in [-0.39, 0.29) is 0 Å². The van der Waals surface area contributed by atoms with Gasteiger partial charge in [0.2, 0.25) is 0 Å². The molecule has 0 atom stereocenters. The molecule has 0 aliphatic carbocycles. The topological polar surface area (TPSA) is 48.7 Å².